The van der Waals surface area contributed by atoms with Crippen LogP contribution >= 0.6 is 0 Å². The number of methoxy groups -OCH3 is 1. The van der Waals surface area contributed by atoms with Gasteiger partial charge in [0.05, 0.1) is 45.6 Å². The van der Waals surface area contributed by atoms with E-state index in [1.54, 1.807) is 12.1 Å². The highest BCUT2D eigenvalue weighted by Gasteiger charge is 2.44. The Morgan fingerprint density at radius 3 is 2.52 bits per heavy atom. The lowest BCUT2D eigenvalue weighted by molar-refractivity contribution is -0.0907. The first kappa shape index (κ1) is 28.6. The van der Waals surface area contributed by atoms with Crippen LogP contribution in [0.2, 0.25) is 0 Å². The molecule has 10 heteroatoms. The van der Waals surface area contributed by atoms with Gasteiger partial charge < -0.3 is 33.7 Å². The third-order valence-corrected chi connectivity index (χ3v) is 7.96. The van der Waals surface area contributed by atoms with E-state index in [1.165, 1.54) is 0 Å². The zero-order valence-corrected chi connectivity index (χ0v) is 23.4. The number of aliphatic hydroxyl groups excluding tert-OH is 1. The number of fused-ring (bicyclic) bond motifs is 1. The molecule has 5 unspecified atom stereocenters. The molecule has 0 bridgehead atoms. The van der Waals surface area contributed by atoms with Gasteiger partial charge in [0.25, 0.3) is 0 Å². The Morgan fingerprint density at radius 1 is 1.07 bits per heavy atom. The second kappa shape index (κ2) is 13.6. The lowest BCUT2D eigenvalue weighted by Crippen LogP contribution is -2.48. The summed E-state index contributed by atoms with van der Waals surface area (Å²) in [4.78, 5) is 15.3. The number of nitrogens with one attached hydrogen (secondary N) is 1. The fraction of sp³-hybridized carbons (Fsp3) is 0.567. The molecule has 0 saturated carbocycles. The van der Waals surface area contributed by atoms with Crippen molar-refractivity contribution in [1.29, 1.82) is 0 Å². The van der Waals surface area contributed by atoms with Gasteiger partial charge >= 0.3 is 6.09 Å². The fourth-order valence-electron chi connectivity index (χ4n) is 5.52. The lowest BCUT2D eigenvalue weighted by Gasteiger charge is -2.30. The van der Waals surface area contributed by atoms with Crippen LogP contribution in [-0.2, 0) is 31.9 Å². The number of carbonyl (C=O) groups is 1. The molecule has 5 rings (SSSR count). The highest BCUT2D eigenvalue weighted by atomic mass is 16.7. The molecule has 1 amide bonds. The number of aliphatic hydroxyl groups is 1. The Kier molecular flexibility index (Phi) is 9.77. The minimum absolute atomic E-state index is 0.0444. The van der Waals surface area contributed by atoms with Crippen LogP contribution in [0, 0.1) is 11.8 Å². The van der Waals surface area contributed by atoms with Crippen LogP contribution in [0.3, 0.4) is 0 Å². The number of rotatable bonds is 11. The summed E-state index contributed by atoms with van der Waals surface area (Å²) in [6.45, 7) is 6.81. The molecule has 10 nitrogen and oxygen atoms in total. The van der Waals surface area contributed by atoms with E-state index in [-0.39, 0.29) is 30.8 Å². The van der Waals surface area contributed by atoms with Crippen LogP contribution in [0.4, 0.5) is 10.5 Å². The number of benzene rings is 2. The first-order valence-electron chi connectivity index (χ1n) is 14.2. The average Bonchev–Trinajstić information content (AvgIpc) is 3.59. The molecule has 3 aliphatic rings. The Balaban J connectivity index is 1.22. The summed E-state index contributed by atoms with van der Waals surface area (Å²) in [5.74, 6) is 0.813. The van der Waals surface area contributed by atoms with E-state index in [1.807, 2.05) is 31.2 Å². The third kappa shape index (κ3) is 7.44. The van der Waals surface area contributed by atoms with Crippen LogP contribution in [0.5, 0.6) is 5.75 Å². The van der Waals surface area contributed by atoms with Gasteiger partial charge in [-0.1, -0.05) is 31.2 Å². The third-order valence-electron chi connectivity index (χ3n) is 7.96. The van der Waals surface area contributed by atoms with Crippen LogP contribution in [-0.4, -0.2) is 87.9 Å². The number of morpholine rings is 1. The van der Waals surface area contributed by atoms with Crippen molar-refractivity contribution in [3.05, 3.63) is 59.7 Å². The first-order valence-corrected chi connectivity index (χ1v) is 14.2. The Labute approximate surface area is 236 Å². The van der Waals surface area contributed by atoms with Crippen LogP contribution in [0.1, 0.15) is 24.5 Å². The number of hydrogen-bond acceptors (Lipinski definition) is 9. The molecular formula is C30H41N3O7. The summed E-state index contributed by atoms with van der Waals surface area (Å²) in [5, 5.41) is 12.9. The van der Waals surface area contributed by atoms with E-state index in [4.69, 9.17) is 23.7 Å². The minimum atomic E-state index is -0.683. The SMILES string of the molecule is COc1ccc(CC(C)C(O)CN(Cc2ccc(N3CCOCC3)cc2)NC(=O)OC2COC3OCCC23)cc1. The maximum Gasteiger partial charge on any atom is 0.422 e. The first-order chi connectivity index (χ1) is 19.5. The monoisotopic (exact) mass is 555 g/mol. The number of amides is 1. The number of ether oxygens (including phenoxy) is 5. The van der Waals surface area contributed by atoms with Crippen molar-refractivity contribution in [3.63, 3.8) is 0 Å². The molecule has 2 aromatic carbocycles. The van der Waals surface area contributed by atoms with Gasteiger partial charge in [-0.25, -0.2) is 9.80 Å². The minimum Gasteiger partial charge on any atom is -0.497 e. The van der Waals surface area contributed by atoms with Crippen molar-refractivity contribution in [2.45, 2.75) is 44.8 Å². The topological polar surface area (TPSA) is 102 Å². The number of nitrogens with zero attached hydrogens (tertiary/aromatic N) is 2. The zero-order valence-electron chi connectivity index (χ0n) is 23.4. The lowest BCUT2D eigenvalue weighted by atomic mass is 9.95. The summed E-state index contributed by atoms with van der Waals surface area (Å²) in [7, 11) is 1.64. The number of hydrazine groups is 1. The molecule has 218 valence electrons. The zero-order chi connectivity index (χ0) is 27.9. The molecule has 0 radical (unpaired) electrons. The molecule has 5 atom stereocenters. The second-order valence-corrected chi connectivity index (χ2v) is 10.8. The van der Waals surface area contributed by atoms with Crippen molar-refractivity contribution >= 4 is 11.8 Å². The maximum absolute atomic E-state index is 13.0. The summed E-state index contributed by atoms with van der Waals surface area (Å²) < 4.78 is 27.6. The van der Waals surface area contributed by atoms with Gasteiger partial charge in [0.1, 0.15) is 11.9 Å². The molecule has 3 fully saturated rings. The maximum atomic E-state index is 13.0. The summed E-state index contributed by atoms with van der Waals surface area (Å²) in [5.41, 5.74) is 6.16. The Hall–Kier alpha value is -2.89. The molecule has 3 aliphatic heterocycles. The quantitative estimate of drug-likeness (QED) is 0.405. The van der Waals surface area contributed by atoms with Gasteiger partial charge in [-0.15, -0.1) is 0 Å². The number of carbonyl (C=O) groups excluding carboxylic acids is 1. The van der Waals surface area contributed by atoms with E-state index < -0.39 is 12.2 Å². The summed E-state index contributed by atoms with van der Waals surface area (Å²) >= 11 is 0. The average molecular weight is 556 g/mol. The standard InChI is InChI=1S/C30H41N3O7/c1-21(17-22-5-9-25(36-2)10-6-22)27(34)19-33(31-30(35)40-28-20-39-29-26(28)11-14-38-29)18-23-3-7-24(8-4-23)32-12-15-37-16-13-32/h3-10,21,26-29,34H,11-20H2,1-2H3,(H,31,35). The molecule has 2 N–H and O–H groups in total. The van der Waals surface area contributed by atoms with Gasteiger partial charge in [-0.2, -0.15) is 0 Å². The van der Waals surface area contributed by atoms with Crippen LogP contribution < -0.4 is 15.1 Å². The molecule has 2 aromatic rings. The molecule has 40 heavy (non-hydrogen) atoms. The van der Waals surface area contributed by atoms with Gasteiger partial charge in [0, 0.05) is 31.9 Å². The summed E-state index contributed by atoms with van der Waals surface area (Å²) in [6, 6.07) is 16.2. The van der Waals surface area contributed by atoms with E-state index in [9.17, 15) is 9.90 Å². The highest BCUT2D eigenvalue weighted by Crippen LogP contribution is 2.33. The van der Waals surface area contributed by atoms with E-state index in [2.05, 4.69) is 34.6 Å². The van der Waals surface area contributed by atoms with E-state index in [0.29, 0.717) is 26.2 Å². The van der Waals surface area contributed by atoms with Crippen molar-refractivity contribution in [2.24, 2.45) is 11.8 Å². The largest absolute Gasteiger partial charge is 0.497 e. The number of anilines is 1. The van der Waals surface area contributed by atoms with E-state index >= 15 is 0 Å². The normalized spacial score (nSPS) is 24.0. The van der Waals surface area contributed by atoms with Crippen molar-refractivity contribution in [3.8, 4) is 5.75 Å². The molecule has 3 saturated heterocycles. The smallest absolute Gasteiger partial charge is 0.422 e. The molecule has 3 heterocycles. The molecular weight excluding hydrogens is 514 g/mol. The highest BCUT2D eigenvalue weighted by molar-refractivity contribution is 5.66. The van der Waals surface area contributed by atoms with Gasteiger partial charge in [0.15, 0.2) is 6.29 Å². The second-order valence-electron chi connectivity index (χ2n) is 10.8. The Morgan fingerprint density at radius 2 is 1.80 bits per heavy atom. The fourth-order valence-corrected chi connectivity index (χ4v) is 5.52. The van der Waals surface area contributed by atoms with Crippen LogP contribution in [0.25, 0.3) is 0 Å². The molecule has 0 spiro atoms. The van der Waals surface area contributed by atoms with Gasteiger partial charge in [-0.3, -0.25) is 5.43 Å². The molecule has 0 aromatic heterocycles. The Bertz CT molecular complexity index is 1080. The molecule has 0 aliphatic carbocycles. The van der Waals surface area contributed by atoms with Crippen molar-refractivity contribution in [1.82, 2.24) is 10.4 Å². The van der Waals surface area contributed by atoms with E-state index in [0.717, 1.165) is 55.3 Å². The van der Waals surface area contributed by atoms with Crippen molar-refractivity contribution < 1.29 is 33.6 Å². The predicted molar refractivity (Wildman–Crippen MR) is 149 cm³/mol. The predicted octanol–water partition coefficient (Wildman–Crippen LogP) is 2.98. The van der Waals surface area contributed by atoms with Crippen LogP contribution in [0.15, 0.2) is 48.5 Å². The summed E-state index contributed by atoms with van der Waals surface area (Å²) in [6.07, 6.45) is -0.372. The van der Waals surface area contributed by atoms with Gasteiger partial charge in [0.2, 0.25) is 0 Å². The number of hydrogen-bond donors (Lipinski definition) is 2. The van der Waals surface area contributed by atoms with Gasteiger partial charge in [-0.05, 0) is 54.2 Å². The van der Waals surface area contributed by atoms with Crippen molar-refractivity contribution in [2.75, 3.05) is 58.1 Å².